The van der Waals surface area contributed by atoms with Gasteiger partial charge < -0.3 is 18.9 Å². The molecule has 0 aromatic carbocycles. The number of imidazole rings is 1. The Morgan fingerprint density at radius 1 is 1.28 bits per heavy atom. The number of aromatic amines is 1. The SMILES string of the molecule is COC(=O)c1nc(-c2ccco2)[nH]c1C(=O)OC. The minimum Gasteiger partial charge on any atom is -0.464 e. The molecule has 94 valence electrons. The molecule has 0 amide bonds. The maximum absolute atomic E-state index is 11.5. The minimum absolute atomic E-state index is 0.0734. The molecule has 18 heavy (non-hydrogen) atoms. The Bertz CT molecular complexity index is 537. The fourth-order valence-electron chi connectivity index (χ4n) is 1.40. The highest BCUT2D eigenvalue weighted by molar-refractivity contribution is 6.01. The molecule has 0 aliphatic carbocycles. The van der Waals surface area contributed by atoms with Crippen molar-refractivity contribution in [3.8, 4) is 11.6 Å². The van der Waals surface area contributed by atoms with E-state index in [2.05, 4.69) is 19.4 Å². The second-order valence-electron chi connectivity index (χ2n) is 3.27. The monoisotopic (exact) mass is 250 g/mol. The molecule has 0 saturated carbocycles. The quantitative estimate of drug-likeness (QED) is 0.823. The summed E-state index contributed by atoms with van der Waals surface area (Å²) in [4.78, 5) is 29.6. The number of nitrogens with one attached hydrogen (secondary N) is 1. The fraction of sp³-hybridized carbons (Fsp3) is 0.182. The third kappa shape index (κ3) is 1.97. The molecule has 1 N–H and O–H groups in total. The van der Waals surface area contributed by atoms with E-state index in [-0.39, 0.29) is 17.2 Å². The normalized spacial score (nSPS) is 10.1. The van der Waals surface area contributed by atoms with E-state index in [0.717, 1.165) is 0 Å². The molecule has 0 radical (unpaired) electrons. The Balaban J connectivity index is 2.50. The van der Waals surface area contributed by atoms with Crippen LogP contribution in [0.2, 0.25) is 0 Å². The number of methoxy groups -OCH3 is 2. The second kappa shape index (κ2) is 4.74. The van der Waals surface area contributed by atoms with Gasteiger partial charge in [0.05, 0.1) is 20.5 Å². The van der Waals surface area contributed by atoms with Crippen LogP contribution in [0.3, 0.4) is 0 Å². The van der Waals surface area contributed by atoms with Crippen LogP contribution in [-0.2, 0) is 9.47 Å². The van der Waals surface area contributed by atoms with Crippen LogP contribution >= 0.6 is 0 Å². The van der Waals surface area contributed by atoms with E-state index in [1.54, 1.807) is 12.1 Å². The van der Waals surface area contributed by atoms with Gasteiger partial charge in [0.25, 0.3) is 0 Å². The summed E-state index contributed by atoms with van der Waals surface area (Å²) in [5.74, 6) is -0.790. The Kier molecular flexibility index (Phi) is 3.13. The molecule has 2 rings (SSSR count). The fourth-order valence-corrected chi connectivity index (χ4v) is 1.40. The lowest BCUT2D eigenvalue weighted by molar-refractivity contribution is 0.0548. The second-order valence-corrected chi connectivity index (χ2v) is 3.27. The number of aromatic nitrogens is 2. The molecule has 0 aliphatic heterocycles. The van der Waals surface area contributed by atoms with Gasteiger partial charge in [0.15, 0.2) is 23.0 Å². The average molecular weight is 250 g/mol. The van der Waals surface area contributed by atoms with Gasteiger partial charge in [-0.25, -0.2) is 14.6 Å². The zero-order valence-electron chi connectivity index (χ0n) is 9.72. The van der Waals surface area contributed by atoms with Crippen molar-refractivity contribution in [1.29, 1.82) is 0 Å². The molecule has 0 aliphatic rings. The number of hydrogen-bond donors (Lipinski definition) is 1. The van der Waals surface area contributed by atoms with E-state index in [0.29, 0.717) is 5.76 Å². The van der Waals surface area contributed by atoms with Gasteiger partial charge in [-0.3, -0.25) is 0 Å². The van der Waals surface area contributed by atoms with Crippen molar-refractivity contribution < 1.29 is 23.5 Å². The summed E-state index contributed by atoms with van der Waals surface area (Å²) in [7, 11) is 2.40. The van der Waals surface area contributed by atoms with Crippen molar-refractivity contribution in [3.63, 3.8) is 0 Å². The summed E-state index contributed by atoms with van der Waals surface area (Å²) in [5.41, 5.74) is -0.216. The number of carbonyl (C=O) groups excluding carboxylic acids is 2. The zero-order valence-corrected chi connectivity index (χ0v) is 9.72. The summed E-state index contributed by atoms with van der Waals surface area (Å²) in [6.07, 6.45) is 1.45. The molecule has 0 bridgehead atoms. The largest absolute Gasteiger partial charge is 0.464 e. The van der Waals surface area contributed by atoms with Crippen molar-refractivity contribution >= 4 is 11.9 Å². The highest BCUT2D eigenvalue weighted by atomic mass is 16.5. The number of esters is 2. The minimum atomic E-state index is -0.732. The summed E-state index contributed by atoms with van der Waals surface area (Å²) < 4.78 is 14.2. The Labute approximate surface area is 102 Å². The molecule has 0 fully saturated rings. The van der Waals surface area contributed by atoms with Gasteiger partial charge in [-0.15, -0.1) is 0 Å². The van der Waals surface area contributed by atoms with E-state index in [9.17, 15) is 9.59 Å². The first-order valence-electron chi connectivity index (χ1n) is 4.98. The number of nitrogens with zero attached hydrogens (tertiary/aromatic N) is 1. The molecule has 0 spiro atoms. The molecule has 0 unspecified atom stereocenters. The number of H-pyrrole nitrogens is 1. The standard InChI is InChI=1S/C11H10N2O5/c1-16-10(14)7-8(11(15)17-2)13-9(12-7)6-4-3-5-18-6/h3-5H,1-2H3,(H,12,13). The third-order valence-electron chi connectivity index (χ3n) is 2.23. The Morgan fingerprint density at radius 3 is 2.56 bits per heavy atom. The highest BCUT2D eigenvalue weighted by Gasteiger charge is 2.25. The molecular weight excluding hydrogens is 240 g/mol. The van der Waals surface area contributed by atoms with Crippen molar-refractivity contribution in [3.05, 3.63) is 29.8 Å². The van der Waals surface area contributed by atoms with Crippen LogP contribution in [0, 0.1) is 0 Å². The summed E-state index contributed by atoms with van der Waals surface area (Å²) in [5, 5.41) is 0. The predicted octanol–water partition coefficient (Wildman–Crippen LogP) is 1.24. The van der Waals surface area contributed by atoms with E-state index >= 15 is 0 Å². The summed E-state index contributed by atoms with van der Waals surface area (Å²) in [6, 6.07) is 3.30. The van der Waals surface area contributed by atoms with E-state index in [1.807, 2.05) is 0 Å². The van der Waals surface area contributed by atoms with Crippen LogP contribution in [-0.4, -0.2) is 36.1 Å². The summed E-state index contributed by atoms with van der Waals surface area (Å²) in [6.45, 7) is 0. The van der Waals surface area contributed by atoms with Gasteiger partial charge in [-0.1, -0.05) is 0 Å². The lowest BCUT2D eigenvalue weighted by atomic mass is 10.3. The van der Waals surface area contributed by atoms with Crippen LogP contribution in [0.25, 0.3) is 11.6 Å². The van der Waals surface area contributed by atoms with E-state index in [4.69, 9.17) is 4.42 Å². The van der Waals surface area contributed by atoms with Gasteiger partial charge >= 0.3 is 11.9 Å². The molecule has 2 aromatic heterocycles. The summed E-state index contributed by atoms with van der Waals surface area (Å²) >= 11 is 0. The predicted molar refractivity (Wildman–Crippen MR) is 59.0 cm³/mol. The maximum Gasteiger partial charge on any atom is 0.359 e. The van der Waals surface area contributed by atoms with Gasteiger partial charge in [-0.2, -0.15) is 0 Å². The molecule has 7 nitrogen and oxygen atoms in total. The Hall–Kier alpha value is -2.57. The van der Waals surface area contributed by atoms with Gasteiger partial charge in [0.1, 0.15) is 0 Å². The van der Waals surface area contributed by atoms with Gasteiger partial charge in [0.2, 0.25) is 0 Å². The topological polar surface area (TPSA) is 94.4 Å². The van der Waals surface area contributed by atoms with Crippen molar-refractivity contribution in [2.45, 2.75) is 0 Å². The maximum atomic E-state index is 11.5. The molecule has 2 aromatic rings. The van der Waals surface area contributed by atoms with Gasteiger partial charge in [0, 0.05) is 0 Å². The van der Waals surface area contributed by atoms with Crippen LogP contribution in [0.5, 0.6) is 0 Å². The molecule has 0 atom stereocenters. The van der Waals surface area contributed by atoms with Gasteiger partial charge in [-0.05, 0) is 12.1 Å². The Morgan fingerprint density at radius 2 is 2.00 bits per heavy atom. The van der Waals surface area contributed by atoms with Crippen LogP contribution in [0.4, 0.5) is 0 Å². The first-order valence-corrected chi connectivity index (χ1v) is 4.98. The van der Waals surface area contributed by atoms with E-state index in [1.165, 1.54) is 20.5 Å². The highest BCUT2D eigenvalue weighted by Crippen LogP contribution is 2.19. The molecule has 0 saturated heterocycles. The first-order chi connectivity index (χ1) is 8.67. The van der Waals surface area contributed by atoms with Crippen LogP contribution in [0.1, 0.15) is 21.0 Å². The number of carbonyl (C=O) groups is 2. The molecule has 2 heterocycles. The molecule has 7 heteroatoms. The lowest BCUT2D eigenvalue weighted by Gasteiger charge is -1.97. The smallest absolute Gasteiger partial charge is 0.359 e. The van der Waals surface area contributed by atoms with Crippen molar-refractivity contribution in [2.75, 3.05) is 14.2 Å². The van der Waals surface area contributed by atoms with Crippen molar-refractivity contribution in [2.24, 2.45) is 0 Å². The van der Waals surface area contributed by atoms with Crippen molar-refractivity contribution in [1.82, 2.24) is 9.97 Å². The van der Waals surface area contributed by atoms with E-state index < -0.39 is 11.9 Å². The van der Waals surface area contributed by atoms with Crippen LogP contribution < -0.4 is 0 Å². The number of rotatable bonds is 3. The van der Waals surface area contributed by atoms with Crippen LogP contribution in [0.15, 0.2) is 22.8 Å². The first kappa shape index (κ1) is 11.9. The lowest BCUT2D eigenvalue weighted by Crippen LogP contribution is -2.11. The zero-order chi connectivity index (χ0) is 13.1. The third-order valence-corrected chi connectivity index (χ3v) is 2.23. The molecular formula is C11H10N2O5. The number of furan rings is 1. The average Bonchev–Trinajstić information content (AvgIpc) is 3.04. The number of ether oxygens (including phenoxy) is 2. The number of hydrogen-bond acceptors (Lipinski definition) is 6.